The third kappa shape index (κ3) is 9.49. The van der Waals surface area contributed by atoms with E-state index in [-0.39, 0.29) is 79.9 Å². The molecule has 6 aromatic rings. The molecule has 2 aliphatic heterocycles. The van der Waals surface area contributed by atoms with E-state index in [2.05, 4.69) is 54.2 Å². The minimum Gasteiger partial charge on any atom is -0.489 e. The summed E-state index contributed by atoms with van der Waals surface area (Å²) in [6.45, 7) is 13.8. The highest BCUT2D eigenvalue weighted by molar-refractivity contribution is 7.99. The predicted octanol–water partition coefficient (Wildman–Crippen LogP) is 11.5. The molecule has 0 aromatic heterocycles. The Morgan fingerprint density at radius 2 is 0.955 bits per heavy atom. The van der Waals surface area contributed by atoms with Crippen LogP contribution in [-0.4, -0.2) is 65.0 Å². The number of rotatable bonds is 17. The molecular weight excluding hydrogens is 901 g/mol. The van der Waals surface area contributed by atoms with Crippen molar-refractivity contribution in [3.8, 4) is 11.5 Å². The molecule has 0 fully saturated rings. The molecule has 2 aliphatic rings. The van der Waals surface area contributed by atoms with Crippen molar-refractivity contribution in [3.05, 3.63) is 143 Å². The molecule has 67 heavy (non-hydrogen) atoms. The van der Waals surface area contributed by atoms with Crippen molar-refractivity contribution in [1.29, 1.82) is 0 Å². The first-order chi connectivity index (χ1) is 31.9. The molecule has 4 amide bonds. The van der Waals surface area contributed by atoms with Gasteiger partial charge in [-0.15, -0.1) is 24.4 Å². The lowest BCUT2D eigenvalue weighted by molar-refractivity contribution is 0.0870. The van der Waals surface area contributed by atoms with Gasteiger partial charge in [0, 0.05) is 58.4 Å². The van der Waals surface area contributed by atoms with E-state index in [0.717, 1.165) is 53.4 Å². The molecule has 346 valence electrons. The Balaban J connectivity index is 1.08. The van der Waals surface area contributed by atoms with Crippen LogP contribution in [0.25, 0.3) is 10.8 Å². The Hall–Kier alpha value is -5.57. The number of ether oxygens (including phenoxy) is 2. The molecule has 2 atom stereocenters. The summed E-state index contributed by atoms with van der Waals surface area (Å²) in [5.74, 6) is -1.72. The molecule has 2 heterocycles. The molecule has 8 rings (SSSR count). The molecule has 0 spiro atoms. The number of carbonyl (C=O) groups excluding carboxylic acids is 4. The number of carbonyl (C=O) groups is 4. The molecule has 2 unspecified atom stereocenters. The third-order valence-corrected chi connectivity index (χ3v) is 15.3. The van der Waals surface area contributed by atoms with Gasteiger partial charge in [0.25, 0.3) is 23.6 Å². The number of thiol groups is 1. The summed E-state index contributed by atoms with van der Waals surface area (Å²) in [7, 11) is 0. The largest absolute Gasteiger partial charge is 0.489 e. The van der Waals surface area contributed by atoms with Crippen LogP contribution in [0.4, 0.5) is 11.4 Å². The summed E-state index contributed by atoms with van der Waals surface area (Å²) in [6.07, 6.45) is -0.136. The highest BCUT2D eigenvalue weighted by atomic mass is 32.2. The van der Waals surface area contributed by atoms with Crippen molar-refractivity contribution in [1.82, 2.24) is 0 Å². The first-order valence-electron chi connectivity index (χ1n) is 22.4. The van der Waals surface area contributed by atoms with E-state index >= 15 is 0 Å². The zero-order valence-corrected chi connectivity index (χ0v) is 41.1. The van der Waals surface area contributed by atoms with Crippen LogP contribution in [0.3, 0.4) is 0 Å². The van der Waals surface area contributed by atoms with Gasteiger partial charge in [-0.1, -0.05) is 65.4 Å². The molecule has 10 nitrogen and oxygen atoms in total. The maximum Gasteiger partial charge on any atom is 0.266 e. The molecule has 0 saturated carbocycles. The number of anilines is 2. The van der Waals surface area contributed by atoms with Crippen molar-refractivity contribution < 1.29 is 38.9 Å². The lowest BCUT2D eigenvalue weighted by Gasteiger charge is -2.34. The highest BCUT2D eigenvalue weighted by Gasteiger charge is 2.42. The molecule has 2 N–H and O–H groups in total. The first kappa shape index (κ1) is 47.9. The van der Waals surface area contributed by atoms with Crippen LogP contribution >= 0.6 is 36.2 Å². The van der Waals surface area contributed by atoms with Crippen molar-refractivity contribution in [2.45, 2.75) is 104 Å². The van der Waals surface area contributed by atoms with Gasteiger partial charge in [-0.3, -0.25) is 19.2 Å². The van der Waals surface area contributed by atoms with E-state index in [4.69, 9.17) is 9.47 Å². The number of imide groups is 2. The lowest BCUT2D eigenvalue weighted by atomic mass is 9.81. The molecule has 0 bridgehead atoms. The number of hydrogen-bond acceptors (Lipinski definition) is 11. The van der Waals surface area contributed by atoms with Crippen LogP contribution in [0.2, 0.25) is 0 Å². The number of hydrogen-bond donors (Lipinski definition) is 3. The van der Waals surface area contributed by atoms with E-state index in [0.29, 0.717) is 5.75 Å². The minimum absolute atomic E-state index is 0.0620. The van der Waals surface area contributed by atoms with Crippen LogP contribution in [0.1, 0.15) is 114 Å². The molecule has 13 heteroatoms. The Kier molecular flexibility index (Phi) is 13.7. The smallest absolute Gasteiger partial charge is 0.266 e. The summed E-state index contributed by atoms with van der Waals surface area (Å²) in [6, 6.07) is 33.1. The Labute approximate surface area is 405 Å². The van der Waals surface area contributed by atoms with E-state index in [1.54, 1.807) is 43.0 Å². The van der Waals surface area contributed by atoms with Crippen molar-refractivity contribution in [2.75, 3.05) is 28.8 Å². The molecule has 6 aromatic carbocycles. The lowest BCUT2D eigenvalue weighted by Crippen LogP contribution is -2.44. The van der Waals surface area contributed by atoms with Crippen LogP contribution < -0.4 is 19.3 Å². The quantitative estimate of drug-likeness (QED) is 0.0461. The Morgan fingerprint density at radius 1 is 0.567 bits per heavy atom. The standard InChI is InChI=1S/C54H54N2O8S3/c1-8-53(4,5)32-10-24-45(63-28-31(3)57)43(26-32)55-49(59)39-20-22-41-48-42(23-21-40(47(39)48)50(55)60)52(62)56(51(41)61)44-27-33(54(6,7)9-2)11-25-46(44)64-29-34(58)30-66-36-16-18-38(19-17-36)67-37-14-12-35(65)13-15-37/h10-27,31,34,57-58,65H,8-9,28-30H2,1-7H3. The fourth-order valence-electron chi connectivity index (χ4n) is 8.08. The van der Waals surface area contributed by atoms with E-state index in [9.17, 15) is 29.4 Å². The number of aliphatic hydroxyl groups excluding tert-OH is 2. The SMILES string of the molecule is CCC(C)(C)c1ccc(OCC(C)O)c(N2C(=O)c3ccc4c5c(ccc(c35)C2=O)C(=O)N(c2cc(C(C)(C)CC)ccc2OCC(O)CSc2ccc(Sc3ccc(S)cc3)cc2)C4=O)c1. The van der Waals surface area contributed by atoms with Gasteiger partial charge in [-0.2, -0.15) is 0 Å². The minimum atomic E-state index is -0.890. The van der Waals surface area contributed by atoms with Crippen LogP contribution in [0, 0.1) is 0 Å². The predicted molar refractivity (Wildman–Crippen MR) is 269 cm³/mol. The monoisotopic (exact) mass is 954 g/mol. The number of nitrogens with zero attached hydrogens (tertiary/aromatic N) is 2. The van der Waals surface area contributed by atoms with Crippen molar-refractivity contribution in [3.63, 3.8) is 0 Å². The van der Waals surface area contributed by atoms with Gasteiger partial charge in [0.2, 0.25) is 0 Å². The molecule has 0 saturated heterocycles. The second kappa shape index (κ2) is 19.2. The van der Waals surface area contributed by atoms with Gasteiger partial charge in [0.15, 0.2) is 0 Å². The van der Waals surface area contributed by atoms with Crippen LogP contribution in [0.15, 0.2) is 129 Å². The molecule has 0 radical (unpaired) electrons. The van der Waals surface area contributed by atoms with Crippen molar-refractivity contribution in [2.24, 2.45) is 0 Å². The zero-order valence-electron chi connectivity index (χ0n) is 38.6. The summed E-state index contributed by atoms with van der Waals surface area (Å²) in [5.41, 5.74) is 2.22. The van der Waals surface area contributed by atoms with Gasteiger partial charge >= 0.3 is 0 Å². The maximum atomic E-state index is 14.8. The number of benzene rings is 6. The van der Waals surface area contributed by atoms with E-state index in [1.807, 2.05) is 60.7 Å². The van der Waals surface area contributed by atoms with Gasteiger partial charge in [0.1, 0.15) is 24.7 Å². The highest BCUT2D eigenvalue weighted by Crippen LogP contribution is 2.45. The van der Waals surface area contributed by atoms with Crippen LogP contribution in [-0.2, 0) is 10.8 Å². The van der Waals surface area contributed by atoms with E-state index < -0.39 is 35.8 Å². The van der Waals surface area contributed by atoms with Crippen LogP contribution in [0.5, 0.6) is 11.5 Å². The summed E-state index contributed by atoms with van der Waals surface area (Å²) in [5, 5.41) is 21.7. The third-order valence-electron chi connectivity index (χ3n) is 12.9. The van der Waals surface area contributed by atoms with Gasteiger partial charge in [0.05, 0.1) is 23.6 Å². The number of amides is 4. The topological polar surface area (TPSA) is 134 Å². The number of aliphatic hydroxyl groups is 2. The van der Waals surface area contributed by atoms with Gasteiger partial charge in [-0.25, -0.2) is 9.80 Å². The number of thioether (sulfide) groups is 1. The zero-order chi connectivity index (χ0) is 47.9. The fraction of sp³-hybridized carbons (Fsp3) is 0.296. The summed E-state index contributed by atoms with van der Waals surface area (Å²) in [4.78, 5) is 65.2. The summed E-state index contributed by atoms with van der Waals surface area (Å²) < 4.78 is 12.2. The second-order valence-corrected chi connectivity index (χ2v) is 21.1. The Morgan fingerprint density at radius 3 is 1.36 bits per heavy atom. The molecular formula is C54H54N2O8S3. The summed E-state index contributed by atoms with van der Waals surface area (Å²) >= 11 is 7.51. The molecule has 0 aliphatic carbocycles. The first-order valence-corrected chi connectivity index (χ1v) is 24.6. The van der Waals surface area contributed by atoms with Gasteiger partial charge < -0.3 is 19.7 Å². The van der Waals surface area contributed by atoms with Crippen molar-refractivity contribution >= 4 is 81.9 Å². The van der Waals surface area contributed by atoms with E-state index in [1.165, 1.54) is 36.0 Å². The average Bonchev–Trinajstić information content (AvgIpc) is 3.32. The maximum absolute atomic E-state index is 14.8. The average molecular weight is 955 g/mol. The van der Waals surface area contributed by atoms with Gasteiger partial charge in [-0.05, 0) is 139 Å². The fourth-order valence-corrected chi connectivity index (χ4v) is 9.86. The second-order valence-electron chi connectivity index (χ2n) is 18.3. The normalized spacial score (nSPS) is 14.8. The Bertz CT molecular complexity index is 2840.